The Balaban J connectivity index is 2.47. The first-order valence-electron chi connectivity index (χ1n) is 6.35. The number of carbonyl (C=O) groups excluding carboxylic acids is 2. The minimum atomic E-state index is -0.408. The number of nitriles is 1. The number of carbonyl (C=O) groups is 2. The van der Waals surface area contributed by atoms with Crippen LogP contribution >= 0.6 is 0 Å². The number of nitrogens with zero attached hydrogens (tertiary/aromatic N) is 2. The van der Waals surface area contributed by atoms with Crippen LogP contribution in [0.4, 0.5) is 5.69 Å². The highest BCUT2D eigenvalue weighted by molar-refractivity contribution is 5.91. The van der Waals surface area contributed by atoms with Crippen molar-refractivity contribution >= 4 is 17.5 Å². The molecule has 0 aliphatic rings. The molecular weight excluding hydrogens is 256 g/mol. The molecule has 0 spiro atoms. The quantitative estimate of drug-likeness (QED) is 0.764. The predicted molar refractivity (Wildman–Crippen MR) is 75.7 cm³/mol. The van der Waals surface area contributed by atoms with E-state index < -0.39 is 5.91 Å². The number of amides is 2. The van der Waals surface area contributed by atoms with Gasteiger partial charge >= 0.3 is 0 Å². The van der Waals surface area contributed by atoms with Gasteiger partial charge in [0, 0.05) is 18.7 Å². The lowest BCUT2D eigenvalue weighted by atomic mass is 10.2. The standard InChI is InChI=1S/C14H18N4O2/c1-2-18(10-13(16)19)7-6-14(20)17-12-5-3-4-11(8-12)9-15/h3-5,8H,2,6-7,10H2,1H3,(H2,16,19)(H,17,20). The van der Waals surface area contributed by atoms with Gasteiger partial charge in [-0.3, -0.25) is 14.5 Å². The Bertz CT molecular complexity index is 522. The number of hydrogen-bond donors (Lipinski definition) is 2. The Morgan fingerprint density at radius 1 is 1.45 bits per heavy atom. The van der Waals surface area contributed by atoms with Crippen LogP contribution in [0.2, 0.25) is 0 Å². The zero-order valence-corrected chi connectivity index (χ0v) is 11.4. The Morgan fingerprint density at radius 3 is 2.80 bits per heavy atom. The summed E-state index contributed by atoms with van der Waals surface area (Å²) in [6.07, 6.45) is 0.262. The maximum atomic E-state index is 11.8. The third-order valence-corrected chi connectivity index (χ3v) is 2.76. The molecule has 0 bridgehead atoms. The minimum Gasteiger partial charge on any atom is -0.369 e. The number of benzene rings is 1. The predicted octanol–water partition coefficient (Wildman–Crippen LogP) is 0.694. The fourth-order valence-corrected chi connectivity index (χ4v) is 1.72. The van der Waals surface area contributed by atoms with Gasteiger partial charge in [0.05, 0.1) is 18.2 Å². The van der Waals surface area contributed by atoms with Crippen molar-refractivity contribution in [3.05, 3.63) is 29.8 Å². The molecule has 0 saturated heterocycles. The summed E-state index contributed by atoms with van der Waals surface area (Å²) in [6, 6.07) is 8.72. The first-order chi connectivity index (χ1) is 9.55. The monoisotopic (exact) mass is 274 g/mol. The first kappa shape index (κ1) is 15.7. The highest BCUT2D eigenvalue weighted by atomic mass is 16.2. The van der Waals surface area contributed by atoms with E-state index in [-0.39, 0.29) is 18.9 Å². The highest BCUT2D eigenvalue weighted by Crippen LogP contribution is 2.10. The zero-order valence-electron chi connectivity index (χ0n) is 11.4. The molecule has 0 heterocycles. The normalized spacial score (nSPS) is 10.1. The van der Waals surface area contributed by atoms with Gasteiger partial charge in [-0.2, -0.15) is 5.26 Å². The van der Waals surface area contributed by atoms with Crippen molar-refractivity contribution in [2.24, 2.45) is 5.73 Å². The van der Waals surface area contributed by atoms with Crippen molar-refractivity contribution < 1.29 is 9.59 Å². The average molecular weight is 274 g/mol. The topological polar surface area (TPSA) is 99.2 Å². The van der Waals surface area contributed by atoms with Crippen LogP contribution in [0.3, 0.4) is 0 Å². The number of likely N-dealkylation sites (N-methyl/N-ethyl adjacent to an activating group) is 1. The number of hydrogen-bond acceptors (Lipinski definition) is 4. The number of nitrogens with two attached hydrogens (primary N) is 1. The van der Waals surface area contributed by atoms with E-state index in [1.165, 1.54) is 0 Å². The lowest BCUT2D eigenvalue weighted by Gasteiger charge is -2.17. The Hall–Kier alpha value is -2.39. The van der Waals surface area contributed by atoms with E-state index in [4.69, 9.17) is 11.0 Å². The third-order valence-electron chi connectivity index (χ3n) is 2.76. The van der Waals surface area contributed by atoms with Crippen LogP contribution in [0.1, 0.15) is 18.9 Å². The molecule has 1 aromatic carbocycles. The van der Waals surface area contributed by atoms with Gasteiger partial charge in [-0.15, -0.1) is 0 Å². The van der Waals surface area contributed by atoms with E-state index >= 15 is 0 Å². The van der Waals surface area contributed by atoms with Gasteiger partial charge in [-0.25, -0.2) is 0 Å². The van der Waals surface area contributed by atoms with Crippen LogP contribution in [-0.2, 0) is 9.59 Å². The van der Waals surface area contributed by atoms with Crippen LogP contribution in [0.15, 0.2) is 24.3 Å². The fraction of sp³-hybridized carbons (Fsp3) is 0.357. The number of rotatable bonds is 7. The van der Waals surface area contributed by atoms with Crippen LogP contribution < -0.4 is 11.1 Å². The van der Waals surface area contributed by atoms with Gasteiger partial charge in [-0.05, 0) is 24.7 Å². The van der Waals surface area contributed by atoms with Crippen molar-refractivity contribution in [1.29, 1.82) is 5.26 Å². The van der Waals surface area contributed by atoms with Crippen molar-refractivity contribution in [2.75, 3.05) is 25.0 Å². The molecule has 0 aliphatic carbocycles. The summed E-state index contributed by atoms with van der Waals surface area (Å²) in [4.78, 5) is 24.4. The molecule has 0 aromatic heterocycles. The summed E-state index contributed by atoms with van der Waals surface area (Å²) < 4.78 is 0. The van der Waals surface area contributed by atoms with Crippen LogP contribution in [-0.4, -0.2) is 36.3 Å². The Labute approximate surface area is 118 Å². The molecule has 3 N–H and O–H groups in total. The van der Waals surface area contributed by atoms with E-state index in [1.807, 2.05) is 13.0 Å². The second-order valence-corrected chi connectivity index (χ2v) is 4.33. The highest BCUT2D eigenvalue weighted by Gasteiger charge is 2.09. The van der Waals surface area contributed by atoms with Gasteiger partial charge in [0.2, 0.25) is 11.8 Å². The second kappa shape index (κ2) is 7.92. The maximum absolute atomic E-state index is 11.8. The molecule has 20 heavy (non-hydrogen) atoms. The van der Waals surface area contributed by atoms with E-state index in [9.17, 15) is 9.59 Å². The summed E-state index contributed by atoms with van der Waals surface area (Å²) >= 11 is 0. The summed E-state index contributed by atoms with van der Waals surface area (Å²) in [7, 11) is 0. The summed E-state index contributed by atoms with van der Waals surface area (Å²) in [5, 5.41) is 11.5. The molecule has 0 saturated carbocycles. The summed E-state index contributed by atoms with van der Waals surface area (Å²) in [5.74, 6) is -0.572. The number of nitrogens with one attached hydrogen (secondary N) is 1. The third kappa shape index (κ3) is 5.50. The second-order valence-electron chi connectivity index (χ2n) is 4.33. The Kier molecular flexibility index (Phi) is 6.20. The summed E-state index contributed by atoms with van der Waals surface area (Å²) in [6.45, 7) is 3.16. The van der Waals surface area contributed by atoms with Crippen LogP contribution in [0, 0.1) is 11.3 Å². The van der Waals surface area contributed by atoms with E-state index in [2.05, 4.69) is 5.32 Å². The van der Waals surface area contributed by atoms with Crippen molar-refractivity contribution in [3.8, 4) is 6.07 Å². The van der Waals surface area contributed by atoms with E-state index in [1.54, 1.807) is 29.2 Å². The molecule has 0 atom stereocenters. The molecule has 106 valence electrons. The van der Waals surface area contributed by atoms with Gasteiger partial charge < -0.3 is 11.1 Å². The molecule has 1 aromatic rings. The summed E-state index contributed by atoms with van der Waals surface area (Å²) in [5.41, 5.74) is 6.20. The lowest BCUT2D eigenvalue weighted by Crippen LogP contribution is -2.35. The van der Waals surface area contributed by atoms with Crippen LogP contribution in [0.25, 0.3) is 0 Å². The maximum Gasteiger partial charge on any atom is 0.231 e. The molecule has 6 nitrogen and oxygen atoms in total. The molecule has 6 heteroatoms. The molecule has 0 fully saturated rings. The van der Waals surface area contributed by atoms with Crippen molar-refractivity contribution in [3.63, 3.8) is 0 Å². The molecule has 0 aliphatic heterocycles. The van der Waals surface area contributed by atoms with Crippen molar-refractivity contribution in [1.82, 2.24) is 4.90 Å². The largest absolute Gasteiger partial charge is 0.369 e. The average Bonchev–Trinajstić information content (AvgIpc) is 2.43. The molecule has 2 amide bonds. The van der Waals surface area contributed by atoms with Gasteiger partial charge in [0.1, 0.15) is 0 Å². The van der Waals surface area contributed by atoms with Crippen molar-refractivity contribution in [2.45, 2.75) is 13.3 Å². The smallest absolute Gasteiger partial charge is 0.231 e. The molecule has 0 unspecified atom stereocenters. The Morgan fingerprint density at radius 2 is 2.20 bits per heavy atom. The lowest BCUT2D eigenvalue weighted by molar-refractivity contribution is -0.120. The molecule has 1 rings (SSSR count). The zero-order chi connectivity index (χ0) is 15.0. The molecule has 0 radical (unpaired) electrons. The van der Waals surface area contributed by atoms with Gasteiger partial charge in [0.25, 0.3) is 0 Å². The number of anilines is 1. The fourth-order valence-electron chi connectivity index (χ4n) is 1.72. The SMILES string of the molecule is CCN(CCC(=O)Nc1cccc(C#N)c1)CC(N)=O. The van der Waals surface area contributed by atoms with Gasteiger partial charge in [-0.1, -0.05) is 13.0 Å². The van der Waals surface area contributed by atoms with Crippen LogP contribution in [0.5, 0.6) is 0 Å². The number of primary amides is 1. The van der Waals surface area contributed by atoms with E-state index in [0.29, 0.717) is 24.3 Å². The van der Waals surface area contributed by atoms with E-state index in [0.717, 1.165) is 0 Å². The first-order valence-corrected chi connectivity index (χ1v) is 6.35. The minimum absolute atomic E-state index is 0.147. The van der Waals surface area contributed by atoms with Gasteiger partial charge in [0.15, 0.2) is 0 Å². The molecular formula is C14H18N4O2.